The topological polar surface area (TPSA) is 99.9 Å². The number of rotatable bonds is 5. The van der Waals surface area contributed by atoms with Crippen LogP contribution in [0.3, 0.4) is 0 Å². The first-order valence-corrected chi connectivity index (χ1v) is 19.3. The van der Waals surface area contributed by atoms with E-state index in [0.717, 1.165) is 78.7 Å². The lowest BCUT2D eigenvalue weighted by atomic mass is 9.56. The van der Waals surface area contributed by atoms with Gasteiger partial charge in [0, 0.05) is 70.9 Å². The van der Waals surface area contributed by atoms with Gasteiger partial charge in [0.25, 0.3) is 0 Å². The van der Waals surface area contributed by atoms with E-state index >= 15 is 0 Å². The maximum Gasteiger partial charge on any atom is 0.319 e. The van der Waals surface area contributed by atoms with Gasteiger partial charge in [-0.05, 0) is 93.2 Å². The number of fused-ring (bicyclic) bond motifs is 9. The highest BCUT2D eigenvalue weighted by atomic mass is 16.5. The number of likely N-dealkylation sites (tertiary alicyclic amines) is 1. The summed E-state index contributed by atoms with van der Waals surface area (Å²) < 4.78 is 17.7. The molecule has 6 bridgehead atoms. The van der Waals surface area contributed by atoms with Crippen LogP contribution in [0.2, 0.25) is 0 Å². The lowest BCUT2D eigenvalue weighted by Gasteiger charge is -2.57. The number of carbonyl (C=O) groups excluding carboxylic acids is 2. The van der Waals surface area contributed by atoms with Crippen molar-refractivity contribution in [2.24, 2.45) is 23.7 Å². The predicted octanol–water partition coefficient (Wildman–Crippen LogP) is 6.49. The third-order valence-electron chi connectivity index (χ3n) is 14.2. The second-order valence-electron chi connectivity index (χ2n) is 16.3. The zero-order chi connectivity index (χ0) is 36.1. The molecule has 4 fully saturated rings. The van der Waals surface area contributed by atoms with Crippen molar-refractivity contribution in [2.75, 3.05) is 48.0 Å². The van der Waals surface area contributed by atoms with Crippen LogP contribution >= 0.6 is 0 Å². The molecule has 2 aromatic carbocycles. The molecule has 9 nitrogen and oxygen atoms in total. The van der Waals surface area contributed by atoms with Gasteiger partial charge in [-0.25, -0.2) is 0 Å². The highest BCUT2D eigenvalue weighted by Gasteiger charge is 2.63. The zero-order valence-corrected chi connectivity index (χ0v) is 31.4. The van der Waals surface area contributed by atoms with Gasteiger partial charge >= 0.3 is 11.9 Å². The summed E-state index contributed by atoms with van der Waals surface area (Å²) in [5.41, 5.74) is 8.43. The third-order valence-corrected chi connectivity index (χ3v) is 14.2. The molecule has 1 saturated carbocycles. The van der Waals surface area contributed by atoms with Crippen LogP contribution < -0.4 is 4.74 Å². The first-order valence-electron chi connectivity index (χ1n) is 19.3. The van der Waals surface area contributed by atoms with E-state index in [1.165, 1.54) is 41.3 Å². The van der Waals surface area contributed by atoms with E-state index in [9.17, 15) is 9.59 Å². The van der Waals surface area contributed by atoms with E-state index < -0.39 is 5.41 Å². The summed E-state index contributed by atoms with van der Waals surface area (Å²) >= 11 is 0. The monoisotopic (exact) mass is 704 g/mol. The molecule has 4 aromatic rings. The van der Waals surface area contributed by atoms with E-state index in [1.54, 1.807) is 14.2 Å². The Morgan fingerprint density at radius 3 is 2.60 bits per heavy atom. The van der Waals surface area contributed by atoms with Crippen LogP contribution in [0.15, 0.2) is 48.0 Å². The average molecular weight is 705 g/mol. The molecule has 4 aliphatic heterocycles. The molecule has 9 atom stereocenters. The summed E-state index contributed by atoms with van der Waals surface area (Å²) in [7, 11) is 6.98. The zero-order valence-electron chi connectivity index (χ0n) is 31.4. The summed E-state index contributed by atoms with van der Waals surface area (Å²) in [5, 5.41) is 2.35. The Morgan fingerprint density at radius 2 is 1.85 bits per heavy atom. The number of hydrogen-bond donors (Lipinski definition) is 2. The Morgan fingerprint density at radius 1 is 1.02 bits per heavy atom. The minimum atomic E-state index is -0.756. The molecule has 0 spiro atoms. The normalized spacial score (nSPS) is 33.2. The fourth-order valence-electron chi connectivity index (χ4n) is 12.1. The largest absolute Gasteiger partial charge is 0.496 e. The van der Waals surface area contributed by atoms with Gasteiger partial charge in [-0.2, -0.15) is 0 Å². The van der Waals surface area contributed by atoms with Crippen LogP contribution in [0, 0.1) is 23.7 Å². The van der Waals surface area contributed by atoms with Gasteiger partial charge < -0.3 is 24.2 Å². The number of para-hydroxylation sites is 1. The fourth-order valence-corrected chi connectivity index (χ4v) is 12.1. The van der Waals surface area contributed by atoms with Gasteiger partial charge in [0.2, 0.25) is 0 Å². The number of carbonyl (C=O) groups is 2. The van der Waals surface area contributed by atoms with Crippen LogP contribution in [0.5, 0.6) is 5.75 Å². The number of nitrogens with one attached hydrogen (secondary N) is 2. The molecule has 52 heavy (non-hydrogen) atoms. The van der Waals surface area contributed by atoms with Crippen molar-refractivity contribution >= 4 is 33.7 Å². The van der Waals surface area contributed by atoms with E-state index in [4.69, 9.17) is 14.2 Å². The second kappa shape index (κ2) is 12.5. The summed E-state index contributed by atoms with van der Waals surface area (Å²) in [5.74, 6) is 0.960. The quantitative estimate of drug-likeness (QED) is 0.181. The summed E-state index contributed by atoms with van der Waals surface area (Å²) in [6, 6.07) is 13.0. The average Bonchev–Trinajstić information content (AvgIpc) is 3.70. The number of aromatic nitrogens is 2. The standard InChI is InChI=1S/C43H52N4O5/c1-7-24-17-23-20-43(42(49)52-6)39-28(15-16-47(21-23)40(24)43)27-13-14-34(50-4)36(38(27)45-39)31-18-29-25(8-2)22-46(3)33(35(29)41(48)51-5)19-30-26-11-9-10-12-32(26)44-37(30)31/h8-14,23-24,29,31,33,35,40,44-45H,7,15-22H2,1-6H3/b25-8+/t23-,24+,29+,31+,33-,35+,40+,43-/m1/s1. The van der Waals surface area contributed by atoms with E-state index in [0.29, 0.717) is 18.3 Å². The van der Waals surface area contributed by atoms with Crippen LogP contribution in [-0.4, -0.2) is 91.8 Å². The van der Waals surface area contributed by atoms with E-state index in [1.807, 2.05) is 0 Å². The van der Waals surface area contributed by atoms with E-state index in [-0.39, 0.29) is 41.8 Å². The van der Waals surface area contributed by atoms with Gasteiger partial charge in [-0.15, -0.1) is 0 Å². The molecular formula is C43H52N4O5. The molecule has 10 rings (SSSR count). The highest BCUT2D eigenvalue weighted by Crippen LogP contribution is 2.57. The molecular weight excluding hydrogens is 652 g/mol. The first kappa shape index (κ1) is 33.7. The molecule has 2 aliphatic carbocycles. The summed E-state index contributed by atoms with van der Waals surface area (Å²) in [6.45, 7) is 7.16. The van der Waals surface area contributed by atoms with E-state index in [2.05, 4.69) is 83.1 Å². The molecule has 9 heteroatoms. The van der Waals surface area contributed by atoms with Crippen molar-refractivity contribution in [1.82, 2.24) is 19.8 Å². The van der Waals surface area contributed by atoms with Crippen LogP contribution in [-0.2, 0) is 37.3 Å². The third kappa shape index (κ3) is 4.60. The lowest BCUT2D eigenvalue weighted by Crippen LogP contribution is -2.67. The molecule has 3 saturated heterocycles. The number of benzene rings is 2. The number of allylic oxidation sites excluding steroid dienone is 1. The predicted molar refractivity (Wildman–Crippen MR) is 202 cm³/mol. The minimum absolute atomic E-state index is 0.00427. The Balaban J connectivity index is 1.32. The van der Waals surface area contributed by atoms with Crippen LogP contribution in [0.1, 0.15) is 73.5 Å². The summed E-state index contributed by atoms with van der Waals surface area (Å²) in [6.07, 6.45) is 7.53. The number of H-pyrrole nitrogens is 2. The summed E-state index contributed by atoms with van der Waals surface area (Å²) in [4.78, 5) is 41.2. The minimum Gasteiger partial charge on any atom is -0.496 e. The van der Waals surface area contributed by atoms with Gasteiger partial charge in [-0.1, -0.05) is 43.2 Å². The number of aromatic amines is 2. The number of nitrogens with zero attached hydrogens (tertiary/aromatic N) is 2. The van der Waals surface area contributed by atoms with Gasteiger partial charge in [0.1, 0.15) is 11.2 Å². The van der Waals surface area contributed by atoms with Crippen LogP contribution in [0.4, 0.5) is 0 Å². The molecule has 0 radical (unpaired) electrons. The molecule has 6 heterocycles. The van der Waals surface area contributed by atoms with Crippen molar-refractivity contribution in [1.29, 1.82) is 0 Å². The Hall–Kier alpha value is -4.08. The number of piperidine rings is 3. The lowest BCUT2D eigenvalue weighted by molar-refractivity contribution is -0.162. The van der Waals surface area contributed by atoms with Gasteiger partial charge in [0.05, 0.1) is 32.8 Å². The van der Waals surface area contributed by atoms with Crippen molar-refractivity contribution in [2.45, 2.75) is 75.8 Å². The van der Waals surface area contributed by atoms with Gasteiger partial charge in [-0.3, -0.25) is 19.4 Å². The van der Waals surface area contributed by atoms with Crippen molar-refractivity contribution in [3.05, 3.63) is 76.1 Å². The fraction of sp³-hybridized carbons (Fsp3) is 0.535. The highest BCUT2D eigenvalue weighted by molar-refractivity contribution is 5.95. The number of hydrogen-bond acceptors (Lipinski definition) is 7. The molecule has 6 aliphatic rings. The number of ether oxygens (including phenoxy) is 3. The Bertz CT molecular complexity index is 2110. The van der Waals surface area contributed by atoms with Crippen molar-refractivity contribution < 1.29 is 23.8 Å². The van der Waals surface area contributed by atoms with Gasteiger partial charge in [0.15, 0.2) is 0 Å². The first-order chi connectivity index (χ1) is 25.3. The van der Waals surface area contributed by atoms with Crippen molar-refractivity contribution in [3.8, 4) is 5.75 Å². The smallest absolute Gasteiger partial charge is 0.319 e. The molecule has 274 valence electrons. The molecule has 1 unspecified atom stereocenters. The number of esters is 2. The Kier molecular flexibility index (Phi) is 8.12. The van der Waals surface area contributed by atoms with Crippen molar-refractivity contribution in [3.63, 3.8) is 0 Å². The maximum atomic E-state index is 14.4. The molecule has 2 aromatic heterocycles. The number of likely N-dealkylation sites (N-methyl/N-ethyl adjacent to an activating group) is 1. The molecule has 0 amide bonds. The SMILES string of the molecule is C/C=C1\CN(C)[C@@H]2Cc3c([nH]c4ccccc34)[C@H](c3c(OC)ccc4c5c([nH]c34)[C@]3(C(=O)OC)C[C@H]4C[C@H](CC)[C@@H]3N(CC5)C4)C[C@@H]1[C@@H]2C(=O)OC. The second-order valence-corrected chi connectivity index (χ2v) is 16.3. The van der Waals surface area contributed by atoms with Crippen LogP contribution in [0.25, 0.3) is 21.8 Å². The Labute approximate surface area is 306 Å². The number of methoxy groups -OCH3 is 3. The molecule has 2 N–H and O–H groups in total. The maximum absolute atomic E-state index is 14.4.